The second-order valence-corrected chi connectivity index (χ2v) is 3.41. The van der Waals surface area contributed by atoms with E-state index in [4.69, 9.17) is 5.73 Å². The van der Waals surface area contributed by atoms with Gasteiger partial charge < -0.3 is 11.1 Å². The Balaban J connectivity index is 2.12. The number of aromatic nitrogens is 2. The van der Waals surface area contributed by atoms with E-state index in [0.29, 0.717) is 0 Å². The summed E-state index contributed by atoms with van der Waals surface area (Å²) in [5.41, 5.74) is 6.78. The molecule has 0 spiro atoms. The summed E-state index contributed by atoms with van der Waals surface area (Å²) in [7, 11) is 0. The molecule has 72 valence electrons. The maximum Gasteiger partial charge on any atom is 0.127 e. The molecule has 1 aromatic rings. The maximum atomic E-state index is 5.47. The zero-order valence-corrected chi connectivity index (χ0v) is 7.79. The van der Waals surface area contributed by atoms with Crippen LogP contribution in [-0.2, 0) is 13.0 Å². The maximum absolute atomic E-state index is 5.47. The van der Waals surface area contributed by atoms with E-state index in [0.717, 1.165) is 32.5 Å². The molecular formula is C9H16N4. The van der Waals surface area contributed by atoms with E-state index in [1.54, 1.807) is 0 Å². The van der Waals surface area contributed by atoms with E-state index in [1.165, 1.54) is 17.8 Å². The van der Waals surface area contributed by atoms with E-state index in [2.05, 4.69) is 15.1 Å². The lowest BCUT2D eigenvalue weighted by atomic mass is 10.1. The van der Waals surface area contributed by atoms with Gasteiger partial charge in [-0.25, -0.2) is 4.68 Å². The molecule has 0 aliphatic carbocycles. The van der Waals surface area contributed by atoms with Gasteiger partial charge in [-0.05, 0) is 25.8 Å². The van der Waals surface area contributed by atoms with Gasteiger partial charge in [0.15, 0.2) is 0 Å². The van der Waals surface area contributed by atoms with E-state index >= 15 is 0 Å². The summed E-state index contributed by atoms with van der Waals surface area (Å²) in [5.74, 6) is 1.21. The summed E-state index contributed by atoms with van der Waals surface area (Å²) in [4.78, 5) is 0. The van der Waals surface area contributed by atoms with Crippen molar-refractivity contribution in [3.8, 4) is 0 Å². The molecule has 3 N–H and O–H groups in total. The van der Waals surface area contributed by atoms with E-state index in [9.17, 15) is 0 Å². The van der Waals surface area contributed by atoms with Gasteiger partial charge in [-0.3, -0.25) is 0 Å². The van der Waals surface area contributed by atoms with E-state index < -0.39 is 0 Å². The Bertz CT molecular complexity index is 279. The van der Waals surface area contributed by atoms with Crippen molar-refractivity contribution in [2.24, 2.45) is 5.73 Å². The van der Waals surface area contributed by atoms with Crippen LogP contribution in [0, 0.1) is 0 Å². The average molecular weight is 180 g/mol. The monoisotopic (exact) mass is 180 g/mol. The lowest BCUT2D eigenvalue weighted by Gasteiger charge is -2.16. The van der Waals surface area contributed by atoms with Crippen molar-refractivity contribution in [3.63, 3.8) is 0 Å². The first kappa shape index (κ1) is 8.56. The van der Waals surface area contributed by atoms with Crippen molar-refractivity contribution in [1.29, 1.82) is 0 Å². The van der Waals surface area contributed by atoms with Crippen LogP contribution in [0.1, 0.15) is 18.4 Å². The Hall–Kier alpha value is -1.03. The van der Waals surface area contributed by atoms with Crippen molar-refractivity contribution in [2.75, 3.05) is 18.4 Å². The minimum Gasteiger partial charge on any atom is -0.370 e. The summed E-state index contributed by atoms with van der Waals surface area (Å²) in [6.45, 7) is 2.87. The van der Waals surface area contributed by atoms with Crippen LogP contribution < -0.4 is 11.1 Å². The van der Waals surface area contributed by atoms with Gasteiger partial charge in [0.25, 0.3) is 0 Å². The second kappa shape index (κ2) is 3.79. The van der Waals surface area contributed by atoms with Crippen molar-refractivity contribution >= 4 is 5.82 Å². The number of hydrogen-bond donors (Lipinski definition) is 2. The fourth-order valence-electron chi connectivity index (χ4n) is 1.71. The van der Waals surface area contributed by atoms with Gasteiger partial charge >= 0.3 is 0 Å². The molecule has 0 unspecified atom stereocenters. The summed E-state index contributed by atoms with van der Waals surface area (Å²) >= 11 is 0. The molecule has 13 heavy (non-hydrogen) atoms. The second-order valence-electron chi connectivity index (χ2n) is 3.41. The predicted octanol–water partition coefficient (Wildman–Crippen LogP) is 0.590. The molecule has 2 rings (SSSR count). The molecule has 0 fully saturated rings. The van der Waals surface area contributed by atoms with Crippen LogP contribution in [0.25, 0.3) is 0 Å². The van der Waals surface area contributed by atoms with Crippen molar-refractivity contribution < 1.29 is 0 Å². The highest BCUT2D eigenvalue weighted by Gasteiger charge is 2.12. The Morgan fingerprint density at radius 1 is 1.62 bits per heavy atom. The third kappa shape index (κ3) is 1.67. The molecule has 0 bridgehead atoms. The van der Waals surface area contributed by atoms with Gasteiger partial charge in [0, 0.05) is 18.7 Å². The van der Waals surface area contributed by atoms with Crippen LogP contribution in [0.5, 0.6) is 0 Å². The largest absolute Gasteiger partial charge is 0.370 e. The molecule has 2 heterocycles. The summed E-state index contributed by atoms with van der Waals surface area (Å²) in [6.07, 6.45) is 5.22. The first-order valence-electron chi connectivity index (χ1n) is 4.90. The zero-order chi connectivity index (χ0) is 9.10. The fraction of sp³-hybridized carbons (Fsp3) is 0.667. The standard InChI is InChI=1S/C9H16N4/c10-4-1-3-8-7-12-13-6-2-5-11-9(8)13/h7,11H,1-6,10H2. The molecule has 0 saturated heterocycles. The first-order chi connectivity index (χ1) is 6.42. The molecule has 0 amide bonds. The molecule has 1 aliphatic heterocycles. The topological polar surface area (TPSA) is 55.9 Å². The molecule has 0 radical (unpaired) electrons. The number of aryl methyl sites for hydroxylation is 2. The van der Waals surface area contributed by atoms with Crippen LogP contribution in [-0.4, -0.2) is 22.9 Å². The number of rotatable bonds is 3. The number of anilines is 1. The lowest BCUT2D eigenvalue weighted by Crippen LogP contribution is -2.18. The fourth-order valence-corrected chi connectivity index (χ4v) is 1.71. The molecule has 1 aromatic heterocycles. The molecular weight excluding hydrogens is 164 g/mol. The van der Waals surface area contributed by atoms with Crippen LogP contribution >= 0.6 is 0 Å². The lowest BCUT2D eigenvalue weighted by molar-refractivity contribution is 0.567. The van der Waals surface area contributed by atoms with Crippen molar-refractivity contribution in [3.05, 3.63) is 11.8 Å². The first-order valence-corrected chi connectivity index (χ1v) is 4.90. The highest BCUT2D eigenvalue weighted by atomic mass is 15.3. The van der Waals surface area contributed by atoms with Gasteiger partial charge in [-0.1, -0.05) is 0 Å². The summed E-state index contributed by atoms with van der Waals surface area (Å²) in [6, 6.07) is 0. The third-order valence-electron chi connectivity index (χ3n) is 2.40. The SMILES string of the molecule is NCCCc1cnn2c1NCCC2. The Morgan fingerprint density at radius 2 is 2.54 bits per heavy atom. The van der Waals surface area contributed by atoms with Gasteiger partial charge in [-0.2, -0.15) is 5.10 Å². The summed E-state index contributed by atoms with van der Waals surface area (Å²) < 4.78 is 2.05. The molecule has 0 saturated carbocycles. The normalized spacial score (nSPS) is 15.2. The smallest absolute Gasteiger partial charge is 0.127 e. The van der Waals surface area contributed by atoms with Gasteiger partial charge in [0.2, 0.25) is 0 Å². The molecule has 0 atom stereocenters. The molecule has 4 heteroatoms. The molecule has 4 nitrogen and oxygen atoms in total. The highest BCUT2D eigenvalue weighted by molar-refractivity contribution is 5.45. The van der Waals surface area contributed by atoms with Crippen LogP contribution in [0.3, 0.4) is 0 Å². The van der Waals surface area contributed by atoms with Crippen LogP contribution in [0.15, 0.2) is 6.20 Å². The predicted molar refractivity (Wildman–Crippen MR) is 52.7 cm³/mol. The minimum atomic E-state index is 0.755. The Labute approximate surface area is 78.1 Å². The molecule has 0 aromatic carbocycles. The third-order valence-corrected chi connectivity index (χ3v) is 2.40. The van der Waals surface area contributed by atoms with Crippen LogP contribution in [0.4, 0.5) is 5.82 Å². The van der Waals surface area contributed by atoms with Crippen molar-refractivity contribution in [1.82, 2.24) is 9.78 Å². The van der Waals surface area contributed by atoms with E-state index in [1.807, 2.05) is 6.20 Å². The molecule has 1 aliphatic rings. The number of hydrogen-bond acceptors (Lipinski definition) is 3. The number of nitrogens with two attached hydrogens (primary N) is 1. The quantitative estimate of drug-likeness (QED) is 0.715. The van der Waals surface area contributed by atoms with E-state index in [-0.39, 0.29) is 0 Å². The van der Waals surface area contributed by atoms with Gasteiger partial charge in [0.1, 0.15) is 5.82 Å². The Morgan fingerprint density at radius 3 is 3.38 bits per heavy atom. The van der Waals surface area contributed by atoms with Gasteiger partial charge in [-0.15, -0.1) is 0 Å². The van der Waals surface area contributed by atoms with Crippen LogP contribution in [0.2, 0.25) is 0 Å². The number of fused-ring (bicyclic) bond motifs is 1. The average Bonchev–Trinajstić information content (AvgIpc) is 2.58. The minimum absolute atomic E-state index is 0.755. The highest BCUT2D eigenvalue weighted by Crippen LogP contribution is 2.19. The number of nitrogens with one attached hydrogen (secondary N) is 1. The number of nitrogens with zero attached hydrogens (tertiary/aromatic N) is 2. The van der Waals surface area contributed by atoms with Crippen molar-refractivity contribution in [2.45, 2.75) is 25.8 Å². The summed E-state index contributed by atoms with van der Waals surface area (Å²) in [5, 5.41) is 7.70. The zero-order valence-electron chi connectivity index (χ0n) is 7.79. The Kier molecular flexibility index (Phi) is 2.49. The van der Waals surface area contributed by atoms with Gasteiger partial charge in [0.05, 0.1) is 6.20 Å².